The lowest BCUT2D eigenvalue weighted by atomic mass is 9.94. The van der Waals surface area contributed by atoms with Gasteiger partial charge in [-0.2, -0.15) is 0 Å². The molecule has 0 atom stereocenters. The second-order valence-electron chi connectivity index (χ2n) is 4.51. The Morgan fingerprint density at radius 1 is 1.44 bits per heavy atom. The van der Waals surface area contributed by atoms with Crippen molar-refractivity contribution in [2.45, 2.75) is 25.7 Å². The predicted octanol–water partition coefficient (Wildman–Crippen LogP) is -0.387. The number of amides is 1. The molecule has 90 valence electrons. The van der Waals surface area contributed by atoms with Crippen molar-refractivity contribution < 1.29 is 4.79 Å². The van der Waals surface area contributed by atoms with E-state index >= 15 is 0 Å². The molecule has 2 rings (SSSR count). The van der Waals surface area contributed by atoms with Crippen LogP contribution in [0.3, 0.4) is 0 Å². The molecule has 0 unspecified atom stereocenters. The molecule has 0 radical (unpaired) electrons. The Morgan fingerprint density at radius 3 is 2.75 bits per heavy atom. The first kappa shape index (κ1) is 11.3. The Balaban J connectivity index is 1.56. The van der Waals surface area contributed by atoms with Crippen molar-refractivity contribution in [3.05, 3.63) is 11.5 Å². The number of carbonyl (C=O) groups is 1. The first-order valence-electron chi connectivity index (χ1n) is 5.99. The van der Waals surface area contributed by atoms with Gasteiger partial charge in [-0.25, -0.2) is 0 Å². The second-order valence-corrected chi connectivity index (χ2v) is 4.51. The van der Waals surface area contributed by atoms with E-state index < -0.39 is 0 Å². The summed E-state index contributed by atoms with van der Waals surface area (Å²) in [7, 11) is 0. The van der Waals surface area contributed by atoms with Crippen molar-refractivity contribution in [2.75, 3.05) is 19.6 Å². The molecule has 1 amide bonds. The molecule has 1 fully saturated rings. The van der Waals surface area contributed by atoms with Gasteiger partial charge in [0.05, 0.1) is 5.70 Å². The quantitative estimate of drug-likeness (QED) is 0.512. The largest absolute Gasteiger partial charge is 0.384 e. The Labute approximate surface area is 95.8 Å². The average molecular weight is 224 g/mol. The normalized spacial score (nSPS) is 20.5. The predicted molar refractivity (Wildman–Crippen MR) is 62.2 cm³/mol. The Morgan fingerprint density at radius 2 is 2.12 bits per heavy atom. The molecule has 16 heavy (non-hydrogen) atoms. The lowest BCUT2D eigenvalue weighted by Crippen LogP contribution is -2.32. The van der Waals surface area contributed by atoms with Gasteiger partial charge in [0.1, 0.15) is 5.82 Å². The molecule has 0 aliphatic carbocycles. The molecule has 2 aliphatic rings. The van der Waals surface area contributed by atoms with Crippen LogP contribution in [0.4, 0.5) is 0 Å². The van der Waals surface area contributed by atoms with Crippen LogP contribution in [-0.2, 0) is 4.79 Å². The van der Waals surface area contributed by atoms with E-state index in [0.717, 1.165) is 43.9 Å². The van der Waals surface area contributed by atoms with Crippen molar-refractivity contribution in [3.63, 3.8) is 0 Å². The monoisotopic (exact) mass is 224 g/mol. The third-order valence-corrected chi connectivity index (χ3v) is 3.18. The van der Waals surface area contributed by atoms with Crippen molar-refractivity contribution >= 4 is 5.91 Å². The molecule has 5 heteroatoms. The Kier molecular flexibility index (Phi) is 3.66. The van der Waals surface area contributed by atoms with E-state index in [-0.39, 0.29) is 5.91 Å². The molecule has 1 saturated heterocycles. The Bertz CT molecular complexity index is 294. The van der Waals surface area contributed by atoms with Crippen LogP contribution in [0.1, 0.15) is 25.7 Å². The number of nitrogens with two attached hydrogens (primary N) is 1. The molecule has 0 aromatic rings. The van der Waals surface area contributed by atoms with Gasteiger partial charge in [-0.05, 0) is 31.8 Å². The van der Waals surface area contributed by atoms with Crippen molar-refractivity contribution in [3.8, 4) is 0 Å². The summed E-state index contributed by atoms with van der Waals surface area (Å²) in [4.78, 5) is 11.6. The summed E-state index contributed by atoms with van der Waals surface area (Å²) in [5, 5.41) is 9.17. The van der Waals surface area contributed by atoms with Gasteiger partial charge >= 0.3 is 0 Å². The lowest BCUT2D eigenvalue weighted by molar-refractivity contribution is -0.122. The average Bonchev–Trinajstić information content (AvgIpc) is 2.96. The zero-order chi connectivity index (χ0) is 11.4. The van der Waals surface area contributed by atoms with Crippen molar-refractivity contribution in [1.29, 1.82) is 0 Å². The number of rotatable bonds is 5. The maximum Gasteiger partial charge on any atom is 0.220 e. The highest BCUT2D eigenvalue weighted by atomic mass is 16.1. The zero-order valence-electron chi connectivity index (χ0n) is 9.51. The van der Waals surface area contributed by atoms with Crippen molar-refractivity contribution in [2.24, 2.45) is 11.7 Å². The molecule has 0 aromatic heterocycles. The zero-order valence-corrected chi connectivity index (χ0v) is 9.51. The summed E-state index contributed by atoms with van der Waals surface area (Å²) in [6.45, 7) is 2.78. The summed E-state index contributed by atoms with van der Waals surface area (Å²) in [6, 6.07) is 0. The standard InChI is InChI=1S/C11H20N4O/c12-11-9(15-11)3-6-14-10(16)7-8-1-4-13-5-2-8/h8,13,15H,1-7,12H2,(H,14,16). The van der Waals surface area contributed by atoms with Gasteiger partial charge in [-0.15, -0.1) is 0 Å². The molecule has 5 N–H and O–H groups in total. The summed E-state index contributed by atoms with van der Waals surface area (Å²) in [5.74, 6) is 1.50. The topological polar surface area (TPSA) is 89.1 Å². The molecular weight excluding hydrogens is 204 g/mol. The van der Waals surface area contributed by atoms with Crippen LogP contribution < -0.4 is 21.7 Å². The minimum absolute atomic E-state index is 0.173. The fourth-order valence-electron chi connectivity index (χ4n) is 2.08. The molecule has 0 aromatic carbocycles. The molecule has 5 nitrogen and oxygen atoms in total. The summed E-state index contributed by atoms with van der Waals surface area (Å²) in [5.41, 5.74) is 6.55. The van der Waals surface area contributed by atoms with Gasteiger partial charge in [0.25, 0.3) is 0 Å². The van der Waals surface area contributed by atoms with Crippen LogP contribution >= 0.6 is 0 Å². The van der Waals surface area contributed by atoms with E-state index in [1.807, 2.05) is 0 Å². The van der Waals surface area contributed by atoms with Gasteiger partial charge in [0.2, 0.25) is 5.91 Å². The van der Waals surface area contributed by atoms with Crippen LogP contribution in [-0.4, -0.2) is 25.5 Å². The van der Waals surface area contributed by atoms with E-state index in [1.54, 1.807) is 0 Å². The van der Waals surface area contributed by atoms with Crippen LogP contribution in [0.5, 0.6) is 0 Å². The molecule has 0 spiro atoms. The maximum absolute atomic E-state index is 11.6. The molecule has 0 bridgehead atoms. The minimum Gasteiger partial charge on any atom is -0.384 e. The highest BCUT2D eigenvalue weighted by Gasteiger charge is 2.18. The number of hydrogen-bond donors (Lipinski definition) is 4. The number of hydrogen-bond acceptors (Lipinski definition) is 4. The molecule has 0 saturated carbocycles. The minimum atomic E-state index is 0.173. The number of piperidine rings is 1. The van der Waals surface area contributed by atoms with Gasteiger partial charge in [0.15, 0.2) is 0 Å². The summed E-state index contributed by atoms with van der Waals surface area (Å²) in [6.07, 6.45) is 3.73. The van der Waals surface area contributed by atoms with Crippen LogP contribution in [0.25, 0.3) is 0 Å². The fraction of sp³-hybridized carbons (Fsp3) is 0.727. The lowest BCUT2D eigenvalue weighted by Gasteiger charge is -2.21. The van der Waals surface area contributed by atoms with E-state index in [4.69, 9.17) is 5.73 Å². The molecule has 2 heterocycles. The smallest absolute Gasteiger partial charge is 0.220 e. The molecule has 2 aliphatic heterocycles. The first-order chi connectivity index (χ1) is 7.75. The number of carbonyl (C=O) groups excluding carboxylic acids is 1. The summed E-state index contributed by atoms with van der Waals surface area (Å²) < 4.78 is 0. The van der Waals surface area contributed by atoms with Crippen molar-refractivity contribution in [1.82, 2.24) is 16.0 Å². The van der Waals surface area contributed by atoms with Gasteiger partial charge in [-0.1, -0.05) is 0 Å². The Hall–Kier alpha value is -1.23. The first-order valence-corrected chi connectivity index (χ1v) is 5.99. The maximum atomic E-state index is 11.6. The van der Waals surface area contributed by atoms with E-state index in [0.29, 0.717) is 18.9 Å². The highest BCUT2D eigenvalue weighted by Crippen LogP contribution is 2.16. The second kappa shape index (κ2) is 5.21. The SMILES string of the molecule is NC1=C(CCNC(=O)CC2CCNCC2)N1. The highest BCUT2D eigenvalue weighted by molar-refractivity contribution is 5.76. The van der Waals surface area contributed by atoms with Crippen LogP contribution in [0.2, 0.25) is 0 Å². The van der Waals surface area contributed by atoms with Crippen LogP contribution in [0, 0.1) is 5.92 Å². The van der Waals surface area contributed by atoms with E-state index in [9.17, 15) is 4.79 Å². The molecular formula is C11H20N4O. The fourth-order valence-corrected chi connectivity index (χ4v) is 2.08. The number of nitrogens with one attached hydrogen (secondary N) is 3. The third-order valence-electron chi connectivity index (χ3n) is 3.18. The van der Waals surface area contributed by atoms with E-state index in [1.165, 1.54) is 0 Å². The third kappa shape index (κ3) is 3.41. The summed E-state index contributed by atoms with van der Waals surface area (Å²) >= 11 is 0. The van der Waals surface area contributed by atoms with E-state index in [2.05, 4.69) is 16.0 Å². The van der Waals surface area contributed by atoms with Gasteiger partial charge < -0.3 is 21.7 Å². The van der Waals surface area contributed by atoms with Gasteiger partial charge in [-0.3, -0.25) is 4.79 Å². The van der Waals surface area contributed by atoms with Crippen LogP contribution in [0.15, 0.2) is 11.5 Å². The van der Waals surface area contributed by atoms with Gasteiger partial charge in [0, 0.05) is 19.4 Å².